The highest BCUT2D eigenvalue weighted by molar-refractivity contribution is 7.92. The second kappa shape index (κ2) is 11.7. The number of benzene rings is 4. The lowest BCUT2D eigenvalue weighted by Crippen LogP contribution is -2.31. The van der Waals surface area contributed by atoms with Gasteiger partial charge >= 0.3 is 0 Å². The van der Waals surface area contributed by atoms with Gasteiger partial charge in [-0.2, -0.15) is 0 Å². The summed E-state index contributed by atoms with van der Waals surface area (Å²) >= 11 is 6.26. The predicted molar refractivity (Wildman–Crippen MR) is 166 cm³/mol. The van der Waals surface area contributed by atoms with Crippen LogP contribution >= 0.6 is 11.6 Å². The van der Waals surface area contributed by atoms with Crippen LogP contribution in [0.2, 0.25) is 5.02 Å². The van der Waals surface area contributed by atoms with Gasteiger partial charge in [-0.05, 0) is 73.5 Å². The summed E-state index contributed by atoms with van der Waals surface area (Å²) in [4.78, 5) is 26.5. The molecule has 4 aromatic carbocycles. The van der Waals surface area contributed by atoms with Gasteiger partial charge in [-0.15, -0.1) is 0 Å². The summed E-state index contributed by atoms with van der Waals surface area (Å²) < 4.78 is 32.0. The van der Waals surface area contributed by atoms with Crippen molar-refractivity contribution in [3.63, 3.8) is 0 Å². The summed E-state index contributed by atoms with van der Waals surface area (Å²) in [5, 5.41) is 3.17. The van der Waals surface area contributed by atoms with E-state index in [9.17, 15) is 18.0 Å². The summed E-state index contributed by atoms with van der Waals surface area (Å²) in [7, 11) is -2.18. The van der Waals surface area contributed by atoms with Crippen molar-refractivity contribution in [2.75, 3.05) is 9.62 Å². The van der Waals surface area contributed by atoms with Crippen molar-refractivity contribution >= 4 is 38.9 Å². The SMILES string of the molecule is Cc1ccc(Cl)cc1N(Cc1ccc(C(=O)Nc2c(C)n(C)n(-c3ccccc3)c2=O)cc1)S(=O)(=O)c1ccccc1. The van der Waals surface area contributed by atoms with Gasteiger partial charge in [0.15, 0.2) is 0 Å². The van der Waals surface area contributed by atoms with E-state index in [4.69, 9.17) is 11.6 Å². The maximum atomic E-state index is 13.8. The number of aryl methyl sites for hydroxylation is 1. The average molecular weight is 601 g/mol. The van der Waals surface area contributed by atoms with Crippen molar-refractivity contribution in [1.82, 2.24) is 9.36 Å². The zero-order chi connectivity index (χ0) is 30.0. The lowest BCUT2D eigenvalue weighted by molar-refractivity contribution is 0.102. The summed E-state index contributed by atoms with van der Waals surface area (Å²) in [6.45, 7) is 3.60. The molecule has 0 atom stereocenters. The van der Waals surface area contributed by atoms with Crippen LogP contribution in [0.1, 0.15) is 27.2 Å². The molecule has 0 aliphatic carbocycles. The Kier molecular flexibility index (Phi) is 8.06. The van der Waals surface area contributed by atoms with Crippen molar-refractivity contribution < 1.29 is 13.2 Å². The Morgan fingerprint density at radius 1 is 0.881 bits per heavy atom. The minimum atomic E-state index is -3.94. The van der Waals surface area contributed by atoms with Gasteiger partial charge in [-0.25, -0.2) is 13.1 Å². The molecule has 10 heteroatoms. The Hall–Kier alpha value is -4.60. The second-order valence-corrected chi connectivity index (χ2v) is 12.1. The molecule has 0 aliphatic heterocycles. The van der Waals surface area contributed by atoms with Crippen LogP contribution in [0.4, 0.5) is 11.4 Å². The Morgan fingerprint density at radius 2 is 1.50 bits per heavy atom. The molecule has 214 valence electrons. The highest BCUT2D eigenvalue weighted by atomic mass is 35.5. The molecule has 0 unspecified atom stereocenters. The van der Waals surface area contributed by atoms with Gasteiger partial charge in [0.2, 0.25) is 0 Å². The fourth-order valence-corrected chi connectivity index (χ4v) is 6.39. The third kappa shape index (κ3) is 5.61. The van der Waals surface area contributed by atoms with Crippen LogP contribution in [0.15, 0.2) is 113 Å². The number of rotatable bonds is 8. The number of hydrogen-bond acceptors (Lipinski definition) is 4. The van der Waals surface area contributed by atoms with Gasteiger partial charge in [-0.1, -0.05) is 66.2 Å². The van der Waals surface area contributed by atoms with Crippen LogP contribution in [0.3, 0.4) is 0 Å². The number of halogens is 1. The smallest absolute Gasteiger partial charge is 0.295 e. The Labute approximate surface area is 249 Å². The molecule has 0 spiro atoms. The van der Waals surface area contributed by atoms with Crippen LogP contribution in [-0.4, -0.2) is 23.7 Å². The number of carbonyl (C=O) groups excluding carboxylic acids is 1. The van der Waals surface area contributed by atoms with Crippen LogP contribution in [-0.2, 0) is 23.6 Å². The number of carbonyl (C=O) groups is 1. The van der Waals surface area contributed by atoms with Crippen LogP contribution in [0.25, 0.3) is 5.69 Å². The fourth-order valence-electron chi connectivity index (χ4n) is 4.70. The van der Waals surface area contributed by atoms with E-state index in [0.29, 0.717) is 33.2 Å². The number of hydrogen-bond donors (Lipinski definition) is 1. The summed E-state index contributed by atoms with van der Waals surface area (Å²) in [6, 6.07) is 29.1. The van der Waals surface area contributed by atoms with Gasteiger partial charge in [0.05, 0.1) is 28.5 Å². The number of sulfonamides is 1. The zero-order valence-corrected chi connectivity index (χ0v) is 24.9. The number of amides is 1. The maximum Gasteiger partial charge on any atom is 0.295 e. The van der Waals surface area contributed by atoms with Crippen molar-refractivity contribution in [2.45, 2.75) is 25.3 Å². The number of para-hydroxylation sites is 1. The lowest BCUT2D eigenvalue weighted by atomic mass is 10.1. The van der Waals surface area contributed by atoms with E-state index in [2.05, 4.69) is 5.32 Å². The number of anilines is 2. The monoisotopic (exact) mass is 600 g/mol. The summed E-state index contributed by atoms with van der Waals surface area (Å²) in [5.41, 5.74) is 3.32. The standard InChI is InChI=1S/C32H29ClN4O4S/c1-22-14-19-26(33)20-29(22)36(42(40,41)28-12-8-5-9-13-28)21-24-15-17-25(18-16-24)31(38)34-30-23(2)35(3)37(32(30)39)27-10-6-4-7-11-27/h4-20H,21H2,1-3H3,(H,34,38). The minimum absolute atomic E-state index is 0.0138. The van der Waals surface area contributed by atoms with E-state index in [1.54, 1.807) is 91.4 Å². The molecule has 0 fully saturated rings. The molecule has 0 bridgehead atoms. The Balaban J connectivity index is 1.42. The molecule has 0 saturated heterocycles. The minimum Gasteiger partial charge on any atom is -0.316 e. The number of aromatic nitrogens is 2. The maximum absolute atomic E-state index is 13.8. The first-order valence-electron chi connectivity index (χ1n) is 13.2. The topological polar surface area (TPSA) is 93.4 Å². The third-order valence-electron chi connectivity index (χ3n) is 7.11. The van der Waals surface area contributed by atoms with E-state index in [-0.39, 0.29) is 22.7 Å². The molecule has 42 heavy (non-hydrogen) atoms. The number of nitrogens with one attached hydrogen (secondary N) is 1. The molecule has 0 aliphatic rings. The van der Waals surface area contributed by atoms with E-state index >= 15 is 0 Å². The first-order chi connectivity index (χ1) is 20.1. The molecular formula is C32H29ClN4O4S. The van der Waals surface area contributed by atoms with E-state index in [1.165, 1.54) is 8.99 Å². The summed E-state index contributed by atoms with van der Waals surface area (Å²) in [6.07, 6.45) is 0. The number of nitrogens with zero attached hydrogens (tertiary/aromatic N) is 3. The van der Waals surface area contributed by atoms with Crippen molar-refractivity contribution in [3.8, 4) is 5.69 Å². The molecule has 1 heterocycles. The first kappa shape index (κ1) is 28.9. The van der Waals surface area contributed by atoms with Gasteiger partial charge < -0.3 is 5.32 Å². The van der Waals surface area contributed by atoms with E-state index in [0.717, 1.165) is 5.56 Å². The molecule has 0 saturated carbocycles. The quantitative estimate of drug-likeness (QED) is 0.233. The molecular weight excluding hydrogens is 572 g/mol. The van der Waals surface area contributed by atoms with Gasteiger partial charge in [-0.3, -0.25) is 18.6 Å². The Morgan fingerprint density at radius 3 is 2.14 bits per heavy atom. The van der Waals surface area contributed by atoms with Gasteiger partial charge in [0.25, 0.3) is 21.5 Å². The fraction of sp³-hybridized carbons (Fsp3) is 0.125. The largest absolute Gasteiger partial charge is 0.316 e. The van der Waals surface area contributed by atoms with Crippen molar-refractivity contribution in [2.24, 2.45) is 7.05 Å². The Bertz CT molecular complexity index is 1920. The molecule has 5 rings (SSSR count). The highest BCUT2D eigenvalue weighted by Crippen LogP contribution is 2.31. The van der Waals surface area contributed by atoms with Crippen LogP contribution in [0.5, 0.6) is 0 Å². The lowest BCUT2D eigenvalue weighted by Gasteiger charge is -2.26. The molecule has 8 nitrogen and oxygen atoms in total. The first-order valence-corrected chi connectivity index (χ1v) is 15.0. The highest BCUT2D eigenvalue weighted by Gasteiger charge is 2.27. The zero-order valence-electron chi connectivity index (χ0n) is 23.3. The molecule has 1 amide bonds. The summed E-state index contributed by atoms with van der Waals surface area (Å²) in [5.74, 6) is -0.452. The normalized spacial score (nSPS) is 11.3. The molecule has 1 N–H and O–H groups in total. The molecule has 5 aromatic rings. The van der Waals surface area contributed by atoms with Gasteiger partial charge in [0, 0.05) is 17.6 Å². The second-order valence-electron chi connectivity index (χ2n) is 9.84. The van der Waals surface area contributed by atoms with E-state index in [1.807, 2.05) is 37.3 Å². The van der Waals surface area contributed by atoms with Crippen LogP contribution < -0.4 is 15.2 Å². The molecule has 1 aromatic heterocycles. The molecule has 0 radical (unpaired) electrons. The third-order valence-corrected chi connectivity index (χ3v) is 9.12. The van der Waals surface area contributed by atoms with Crippen molar-refractivity contribution in [3.05, 3.63) is 141 Å². The van der Waals surface area contributed by atoms with Crippen LogP contribution in [0, 0.1) is 13.8 Å². The van der Waals surface area contributed by atoms with Gasteiger partial charge in [0.1, 0.15) is 5.69 Å². The average Bonchev–Trinajstić information content (AvgIpc) is 3.21. The predicted octanol–water partition coefficient (Wildman–Crippen LogP) is 6.09. The van der Waals surface area contributed by atoms with Crippen molar-refractivity contribution in [1.29, 1.82) is 0 Å². The van der Waals surface area contributed by atoms with E-state index < -0.39 is 15.9 Å².